The standard InChI is InChI=1S/C19H28N2O/c1-2-16(1)14-20-18-6-10-21(11-7-18)9-5-15-3-4-19-17(13-15)8-12-22-19/h3-4,13,16,18,20H,1-2,5-12,14H2. The van der Waals surface area contributed by atoms with E-state index in [1.807, 2.05) is 0 Å². The van der Waals surface area contributed by atoms with Crippen molar-refractivity contribution in [1.29, 1.82) is 0 Å². The van der Waals surface area contributed by atoms with Crippen LogP contribution >= 0.6 is 0 Å². The summed E-state index contributed by atoms with van der Waals surface area (Å²) in [6, 6.07) is 7.53. The van der Waals surface area contributed by atoms with Crippen LogP contribution < -0.4 is 10.1 Å². The normalized spacial score (nSPS) is 22.5. The molecule has 4 rings (SSSR count). The van der Waals surface area contributed by atoms with Crippen LogP contribution in [-0.2, 0) is 12.8 Å². The van der Waals surface area contributed by atoms with Crippen molar-refractivity contribution in [3.63, 3.8) is 0 Å². The van der Waals surface area contributed by atoms with Gasteiger partial charge >= 0.3 is 0 Å². The molecule has 2 aliphatic heterocycles. The topological polar surface area (TPSA) is 24.5 Å². The fraction of sp³-hybridized carbons (Fsp3) is 0.684. The molecule has 3 heteroatoms. The molecule has 1 saturated heterocycles. The summed E-state index contributed by atoms with van der Waals surface area (Å²) in [5, 5.41) is 3.77. The summed E-state index contributed by atoms with van der Waals surface area (Å²) in [4.78, 5) is 2.64. The second-order valence-corrected chi connectivity index (χ2v) is 7.26. The highest BCUT2D eigenvalue weighted by molar-refractivity contribution is 5.39. The second kappa shape index (κ2) is 6.59. The van der Waals surface area contributed by atoms with Crippen molar-refractivity contribution >= 4 is 0 Å². The number of piperidine rings is 1. The van der Waals surface area contributed by atoms with Gasteiger partial charge in [-0.15, -0.1) is 0 Å². The van der Waals surface area contributed by atoms with Gasteiger partial charge in [0.2, 0.25) is 0 Å². The zero-order valence-electron chi connectivity index (χ0n) is 13.5. The molecule has 1 aliphatic carbocycles. The van der Waals surface area contributed by atoms with Gasteiger partial charge in [-0.05, 0) is 74.8 Å². The smallest absolute Gasteiger partial charge is 0.122 e. The Hall–Kier alpha value is -1.06. The molecular formula is C19H28N2O. The van der Waals surface area contributed by atoms with E-state index < -0.39 is 0 Å². The number of fused-ring (bicyclic) bond motifs is 1. The lowest BCUT2D eigenvalue weighted by Gasteiger charge is -2.32. The highest BCUT2D eigenvalue weighted by Gasteiger charge is 2.24. The zero-order valence-corrected chi connectivity index (χ0v) is 13.5. The third kappa shape index (κ3) is 3.64. The van der Waals surface area contributed by atoms with Gasteiger partial charge in [0.25, 0.3) is 0 Å². The molecule has 0 amide bonds. The summed E-state index contributed by atoms with van der Waals surface area (Å²) in [5.41, 5.74) is 2.87. The molecule has 1 aromatic rings. The number of benzene rings is 1. The minimum atomic E-state index is 0.772. The molecule has 0 unspecified atom stereocenters. The molecule has 22 heavy (non-hydrogen) atoms. The Morgan fingerprint density at radius 3 is 2.82 bits per heavy atom. The van der Waals surface area contributed by atoms with Crippen LogP contribution in [0.1, 0.15) is 36.8 Å². The number of hydrogen-bond acceptors (Lipinski definition) is 3. The highest BCUT2D eigenvalue weighted by atomic mass is 16.5. The van der Waals surface area contributed by atoms with Gasteiger partial charge in [0.05, 0.1) is 6.61 Å². The van der Waals surface area contributed by atoms with Crippen molar-refractivity contribution in [2.75, 3.05) is 32.8 Å². The Balaban J connectivity index is 1.20. The van der Waals surface area contributed by atoms with Crippen molar-refractivity contribution in [3.05, 3.63) is 29.3 Å². The lowest BCUT2D eigenvalue weighted by Crippen LogP contribution is -2.43. The van der Waals surface area contributed by atoms with E-state index in [9.17, 15) is 0 Å². The molecule has 2 heterocycles. The summed E-state index contributed by atoms with van der Waals surface area (Å²) in [7, 11) is 0. The minimum absolute atomic E-state index is 0.772. The van der Waals surface area contributed by atoms with Crippen LogP contribution in [0.15, 0.2) is 18.2 Å². The molecular weight excluding hydrogens is 272 g/mol. The van der Waals surface area contributed by atoms with Crippen LogP contribution in [0, 0.1) is 5.92 Å². The predicted octanol–water partition coefficient (Wildman–Crippen LogP) is 2.63. The Labute approximate surface area is 134 Å². The molecule has 0 bridgehead atoms. The van der Waals surface area contributed by atoms with Gasteiger partial charge in [-0.3, -0.25) is 0 Å². The SMILES string of the molecule is c1cc2c(cc1CCN1CCC(NCC3CC3)CC1)CCO2. The van der Waals surface area contributed by atoms with E-state index >= 15 is 0 Å². The number of nitrogens with zero attached hydrogens (tertiary/aromatic N) is 1. The Morgan fingerprint density at radius 1 is 1.14 bits per heavy atom. The molecule has 3 aliphatic rings. The van der Waals surface area contributed by atoms with Gasteiger partial charge in [-0.2, -0.15) is 0 Å². The fourth-order valence-corrected chi connectivity index (χ4v) is 3.70. The van der Waals surface area contributed by atoms with E-state index in [2.05, 4.69) is 28.4 Å². The van der Waals surface area contributed by atoms with Crippen molar-refractivity contribution in [1.82, 2.24) is 10.2 Å². The summed E-state index contributed by atoms with van der Waals surface area (Å²) >= 11 is 0. The molecule has 1 N–H and O–H groups in total. The maximum atomic E-state index is 5.59. The first-order valence-electron chi connectivity index (χ1n) is 9.07. The average Bonchev–Trinajstić information content (AvgIpc) is 3.27. The van der Waals surface area contributed by atoms with Crippen LogP contribution in [0.2, 0.25) is 0 Å². The molecule has 0 spiro atoms. The maximum Gasteiger partial charge on any atom is 0.122 e. The number of rotatable bonds is 6. The van der Waals surface area contributed by atoms with Crippen molar-refractivity contribution in [2.24, 2.45) is 5.92 Å². The zero-order chi connectivity index (χ0) is 14.8. The first-order valence-corrected chi connectivity index (χ1v) is 9.07. The van der Waals surface area contributed by atoms with Gasteiger partial charge < -0.3 is 15.0 Å². The number of hydrogen-bond donors (Lipinski definition) is 1. The molecule has 0 atom stereocenters. The van der Waals surface area contributed by atoms with Crippen LogP contribution in [-0.4, -0.2) is 43.7 Å². The monoisotopic (exact) mass is 300 g/mol. The summed E-state index contributed by atoms with van der Waals surface area (Å²) < 4.78 is 5.59. The molecule has 2 fully saturated rings. The Bertz CT molecular complexity index is 504. The molecule has 1 aromatic carbocycles. The first kappa shape index (κ1) is 14.5. The first-order chi connectivity index (χ1) is 10.9. The van der Waals surface area contributed by atoms with Gasteiger partial charge in [0.1, 0.15) is 5.75 Å². The molecule has 1 saturated carbocycles. The van der Waals surface area contributed by atoms with E-state index in [0.717, 1.165) is 30.7 Å². The summed E-state index contributed by atoms with van der Waals surface area (Å²) in [6.07, 6.45) is 7.82. The molecule has 0 aromatic heterocycles. The van der Waals surface area contributed by atoms with Gasteiger partial charge in [-0.25, -0.2) is 0 Å². The molecule has 3 nitrogen and oxygen atoms in total. The summed E-state index contributed by atoms with van der Waals surface area (Å²) in [5.74, 6) is 2.10. The number of likely N-dealkylation sites (tertiary alicyclic amines) is 1. The quantitative estimate of drug-likeness (QED) is 0.874. The summed E-state index contributed by atoms with van der Waals surface area (Å²) in [6.45, 7) is 5.85. The highest BCUT2D eigenvalue weighted by Crippen LogP contribution is 2.28. The van der Waals surface area contributed by atoms with Crippen LogP contribution in [0.25, 0.3) is 0 Å². The van der Waals surface area contributed by atoms with Crippen molar-refractivity contribution < 1.29 is 4.74 Å². The predicted molar refractivity (Wildman–Crippen MR) is 89.5 cm³/mol. The Kier molecular flexibility index (Phi) is 4.35. The number of ether oxygens (including phenoxy) is 1. The van der Waals surface area contributed by atoms with E-state index in [1.54, 1.807) is 0 Å². The lowest BCUT2D eigenvalue weighted by atomic mass is 10.0. The van der Waals surface area contributed by atoms with E-state index in [1.165, 1.54) is 69.4 Å². The third-order valence-electron chi connectivity index (χ3n) is 5.45. The molecule has 120 valence electrons. The van der Waals surface area contributed by atoms with Crippen LogP contribution in [0.4, 0.5) is 0 Å². The minimum Gasteiger partial charge on any atom is -0.493 e. The molecule has 0 radical (unpaired) electrons. The number of nitrogens with one attached hydrogen (secondary N) is 1. The van der Waals surface area contributed by atoms with Crippen LogP contribution in [0.3, 0.4) is 0 Å². The van der Waals surface area contributed by atoms with E-state index in [-0.39, 0.29) is 0 Å². The van der Waals surface area contributed by atoms with Gasteiger partial charge in [0.15, 0.2) is 0 Å². The van der Waals surface area contributed by atoms with E-state index in [4.69, 9.17) is 4.74 Å². The largest absolute Gasteiger partial charge is 0.493 e. The van der Waals surface area contributed by atoms with Gasteiger partial charge in [-0.1, -0.05) is 12.1 Å². The second-order valence-electron chi connectivity index (χ2n) is 7.26. The van der Waals surface area contributed by atoms with Crippen molar-refractivity contribution in [2.45, 2.75) is 44.6 Å². The maximum absolute atomic E-state index is 5.59. The van der Waals surface area contributed by atoms with Crippen LogP contribution in [0.5, 0.6) is 5.75 Å². The van der Waals surface area contributed by atoms with Crippen molar-refractivity contribution in [3.8, 4) is 5.75 Å². The lowest BCUT2D eigenvalue weighted by molar-refractivity contribution is 0.199. The fourth-order valence-electron chi connectivity index (χ4n) is 3.70. The average molecular weight is 300 g/mol. The third-order valence-corrected chi connectivity index (χ3v) is 5.45. The Morgan fingerprint density at radius 2 is 2.00 bits per heavy atom. The van der Waals surface area contributed by atoms with Gasteiger partial charge in [0, 0.05) is 19.0 Å². The van der Waals surface area contributed by atoms with E-state index in [0.29, 0.717) is 0 Å².